The summed E-state index contributed by atoms with van der Waals surface area (Å²) in [5.41, 5.74) is 0.709. The van der Waals surface area contributed by atoms with Crippen LogP contribution in [0.15, 0.2) is 18.2 Å². The van der Waals surface area contributed by atoms with Gasteiger partial charge in [0.15, 0.2) is 5.13 Å². The fraction of sp³-hybridized carbons (Fsp3) is 0.455. The predicted molar refractivity (Wildman–Crippen MR) is 132 cm³/mol. The molecule has 0 spiro atoms. The number of carbonyl (C=O) groups is 3. The lowest BCUT2D eigenvalue weighted by molar-refractivity contribution is -0.380. The number of ether oxygens (including phenoxy) is 2. The number of esters is 1. The largest absolute Gasteiger partial charge is 0.460 e. The number of nitrogens with one attached hydrogen (secondary N) is 3. The molecule has 1 heterocycles. The molecule has 0 saturated heterocycles. The average molecular weight is 508 g/mol. The highest BCUT2D eigenvalue weighted by Gasteiger charge is 2.21. The van der Waals surface area contributed by atoms with Gasteiger partial charge in [0.1, 0.15) is 11.3 Å². The van der Waals surface area contributed by atoms with Crippen LogP contribution in [0.5, 0.6) is 0 Å². The van der Waals surface area contributed by atoms with E-state index < -0.39 is 16.4 Å². The Morgan fingerprint density at radius 1 is 1.17 bits per heavy atom. The molecule has 0 atom stereocenters. The van der Waals surface area contributed by atoms with Crippen molar-refractivity contribution in [2.24, 2.45) is 0 Å². The number of hydrogen-bond donors (Lipinski definition) is 3. The molecule has 2 rings (SSSR count). The third kappa shape index (κ3) is 9.29. The van der Waals surface area contributed by atoms with E-state index in [9.17, 15) is 24.5 Å². The zero-order valence-corrected chi connectivity index (χ0v) is 21.0. The van der Waals surface area contributed by atoms with E-state index in [1.165, 1.54) is 19.9 Å². The Morgan fingerprint density at radius 3 is 2.49 bits per heavy atom. The second kappa shape index (κ2) is 12.2. The van der Waals surface area contributed by atoms with Gasteiger partial charge in [-0.1, -0.05) is 0 Å². The number of carbonyl (C=O) groups excluding carboxylic acids is 3. The highest BCUT2D eigenvalue weighted by atomic mass is 32.1. The summed E-state index contributed by atoms with van der Waals surface area (Å²) in [5, 5.41) is 19.2. The Hall–Kier alpha value is -3.58. The van der Waals surface area contributed by atoms with E-state index in [1.54, 1.807) is 32.9 Å². The van der Waals surface area contributed by atoms with Crippen molar-refractivity contribution in [1.82, 2.24) is 4.98 Å². The van der Waals surface area contributed by atoms with Crippen LogP contribution < -0.4 is 16.0 Å². The first-order valence-electron chi connectivity index (χ1n) is 10.7. The molecule has 35 heavy (non-hydrogen) atoms. The van der Waals surface area contributed by atoms with Crippen LogP contribution in [0.2, 0.25) is 0 Å². The van der Waals surface area contributed by atoms with Gasteiger partial charge in [-0.15, -0.1) is 0 Å². The van der Waals surface area contributed by atoms with Gasteiger partial charge < -0.3 is 20.1 Å². The summed E-state index contributed by atoms with van der Waals surface area (Å²) in [6.45, 7) is 9.15. The Bertz CT molecular complexity index is 1090. The monoisotopic (exact) mass is 507 g/mol. The summed E-state index contributed by atoms with van der Waals surface area (Å²) in [7, 11) is 0. The molecule has 1 aromatic carbocycles. The first-order valence-corrected chi connectivity index (χ1v) is 11.6. The zero-order valence-electron chi connectivity index (χ0n) is 20.2. The molecule has 0 fully saturated rings. The van der Waals surface area contributed by atoms with Crippen molar-refractivity contribution >= 4 is 50.6 Å². The number of rotatable bonds is 11. The molecule has 0 aliphatic rings. The number of amides is 2. The van der Waals surface area contributed by atoms with Gasteiger partial charge in [-0.25, -0.2) is 4.98 Å². The van der Waals surface area contributed by atoms with E-state index >= 15 is 0 Å². The molecule has 0 aliphatic heterocycles. The van der Waals surface area contributed by atoms with Crippen molar-refractivity contribution in [3.05, 3.63) is 39.6 Å². The van der Waals surface area contributed by atoms with Crippen LogP contribution in [-0.2, 0) is 19.1 Å². The molecular formula is C22H29N5O7S. The van der Waals surface area contributed by atoms with Gasteiger partial charge in [0.05, 0.1) is 35.8 Å². The van der Waals surface area contributed by atoms with Crippen LogP contribution in [0.4, 0.5) is 21.5 Å². The van der Waals surface area contributed by atoms with Crippen LogP contribution in [0, 0.1) is 17.0 Å². The number of hydrogen-bond acceptors (Lipinski definition) is 10. The van der Waals surface area contributed by atoms with Gasteiger partial charge in [-0.05, 0) is 57.2 Å². The lowest BCUT2D eigenvalue weighted by Crippen LogP contribution is -2.24. The molecule has 2 aromatic rings. The molecule has 0 bridgehead atoms. The quantitative estimate of drug-likeness (QED) is 0.178. The molecule has 12 nitrogen and oxygen atoms in total. The van der Waals surface area contributed by atoms with Gasteiger partial charge in [0.2, 0.25) is 5.91 Å². The first kappa shape index (κ1) is 27.7. The van der Waals surface area contributed by atoms with Crippen LogP contribution in [0.25, 0.3) is 0 Å². The topological polar surface area (TPSA) is 162 Å². The van der Waals surface area contributed by atoms with Crippen LogP contribution in [0.1, 0.15) is 50.2 Å². The van der Waals surface area contributed by atoms with E-state index in [0.717, 1.165) is 11.3 Å². The molecule has 190 valence electrons. The molecule has 0 saturated carbocycles. The standard InChI is InChI=1S/C22H29N5O7S/c1-13-20(27(31)32)35-21(24-13)26-19(30)16-7-6-15(12-17(16)25-14(2)28)23-9-11-33-10-8-18(29)34-22(3,4)5/h6-7,12,23H,8-11H2,1-5H3,(H,25,28)(H,24,26,30). The van der Waals surface area contributed by atoms with E-state index in [1.807, 2.05) is 0 Å². The predicted octanol–water partition coefficient (Wildman–Crippen LogP) is 3.73. The second-order valence-corrected chi connectivity index (χ2v) is 9.42. The van der Waals surface area contributed by atoms with E-state index in [4.69, 9.17) is 9.47 Å². The van der Waals surface area contributed by atoms with Gasteiger partial charge in [-0.2, -0.15) is 0 Å². The fourth-order valence-electron chi connectivity index (χ4n) is 2.84. The third-order valence-corrected chi connectivity index (χ3v) is 5.20. The fourth-order valence-corrected chi connectivity index (χ4v) is 3.62. The van der Waals surface area contributed by atoms with Crippen LogP contribution >= 0.6 is 11.3 Å². The van der Waals surface area contributed by atoms with E-state index in [2.05, 4.69) is 20.9 Å². The van der Waals surface area contributed by atoms with E-state index in [0.29, 0.717) is 18.8 Å². The van der Waals surface area contributed by atoms with Crippen molar-refractivity contribution in [1.29, 1.82) is 0 Å². The van der Waals surface area contributed by atoms with Crippen molar-refractivity contribution in [3.63, 3.8) is 0 Å². The average Bonchev–Trinajstić information content (AvgIpc) is 3.09. The Morgan fingerprint density at radius 2 is 1.89 bits per heavy atom. The van der Waals surface area contributed by atoms with Crippen LogP contribution in [0.3, 0.4) is 0 Å². The Balaban J connectivity index is 1.95. The number of aryl methyl sites for hydroxylation is 1. The summed E-state index contributed by atoms with van der Waals surface area (Å²) in [6.07, 6.45) is 0.148. The minimum absolute atomic E-state index is 0.0821. The SMILES string of the molecule is CC(=O)Nc1cc(NCCOCCC(=O)OC(C)(C)C)ccc1C(=O)Nc1nc(C)c([N+](=O)[O-])s1. The van der Waals surface area contributed by atoms with Gasteiger partial charge in [0, 0.05) is 19.2 Å². The smallest absolute Gasteiger partial charge is 0.348 e. The number of aromatic nitrogens is 1. The summed E-state index contributed by atoms with van der Waals surface area (Å²) in [5.74, 6) is -1.28. The van der Waals surface area contributed by atoms with Crippen molar-refractivity contribution in [2.45, 2.75) is 46.6 Å². The molecular weight excluding hydrogens is 478 g/mol. The Kier molecular flexibility index (Phi) is 9.66. The van der Waals surface area contributed by atoms with Crippen LogP contribution in [-0.4, -0.2) is 53.1 Å². The normalized spacial score (nSPS) is 11.0. The minimum Gasteiger partial charge on any atom is -0.460 e. The highest BCUT2D eigenvalue weighted by Crippen LogP contribution is 2.30. The minimum atomic E-state index is -0.575. The maximum Gasteiger partial charge on any atom is 0.348 e. The molecule has 3 N–H and O–H groups in total. The van der Waals surface area contributed by atoms with Crippen molar-refractivity contribution in [2.75, 3.05) is 35.7 Å². The van der Waals surface area contributed by atoms with E-state index in [-0.39, 0.29) is 52.0 Å². The number of nitro groups is 1. The maximum absolute atomic E-state index is 12.7. The van der Waals surface area contributed by atoms with Gasteiger partial charge in [0.25, 0.3) is 5.91 Å². The molecule has 13 heteroatoms. The maximum atomic E-state index is 12.7. The summed E-state index contributed by atoms with van der Waals surface area (Å²) in [6, 6.07) is 4.75. The van der Waals surface area contributed by atoms with Crippen molar-refractivity contribution in [3.8, 4) is 0 Å². The lowest BCUT2D eigenvalue weighted by atomic mass is 10.1. The second-order valence-electron chi connectivity index (χ2n) is 8.44. The van der Waals surface area contributed by atoms with Gasteiger partial charge >= 0.3 is 11.0 Å². The number of benzene rings is 1. The molecule has 0 unspecified atom stereocenters. The summed E-state index contributed by atoms with van der Waals surface area (Å²) in [4.78, 5) is 50.5. The van der Waals surface area contributed by atoms with Gasteiger partial charge in [-0.3, -0.25) is 29.8 Å². The highest BCUT2D eigenvalue weighted by molar-refractivity contribution is 7.19. The molecule has 0 radical (unpaired) electrons. The number of thiazole rings is 1. The summed E-state index contributed by atoms with van der Waals surface area (Å²) < 4.78 is 10.7. The Labute approximate surface area is 206 Å². The molecule has 2 amide bonds. The zero-order chi connectivity index (χ0) is 26.2. The number of anilines is 3. The van der Waals surface area contributed by atoms with Crippen molar-refractivity contribution < 1.29 is 28.8 Å². The third-order valence-electron chi connectivity index (χ3n) is 4.18. The molecule has 0 aliphatic carbocycles. The summed E-state index contributed by atoms with van der Waals surface area (Å²) >= 11 is 0.751. The molecule has 1 aromatic heterocycles. The lowest BCUT2D eigenvalue weighted by Gasteiger charge is -2.19. The number of nitrogens with zero attached hydrogens (tertiary/aromatic N) is 2. The first-order chi connectivity index (χ1) is 16.4.